The van der Waals surface area contributed by atoms with Crippen molar-refractivity contribution in [2.75, 3.05) is 31.6 Å². The van der Waals surface area contributed by atoms with Crippen molar-refractivity contribution < 1.29 is 19.1 Å². The first-order chi connectivity index (χ1) is 25.5. The molecule has 53 heavy (non-hydrogen) atoms. The highest BCUT2D eigenvalue weighted by molar-refractivity contribution is 6.33. The average molecular weight is 737 g/mol. The number of carbonyl (C=O) groups excluding carboxylic acids is 2. The molecule has 1 unspecified atom stereocenters. The molecule has 2 amide bonds. The van der Waals surface area contributed by atoms with Crippen LogP contribution in [0, 0.1) is 6.92 Å². The van der Waals surface area contributed by atoms with E-state index in [1.165, 1.54) is 0 Å². The third kappa shape index (κ3) is 10.1. The molecule has 0 radical (unpaired) electrons. The Bertz CT molecular complexity index is 2020. The maximum atomic E-state index is 13.2. The fraction of sp³-hybridized carbons (Fsp3) is 0.381. The molecule has 3 heterocycles. The van der Waals surface area contributed by atoms with Crippen molar-refractivity contribution in [3.05, 3.63) is 101 Å². The first-order valence-corrected chi connectivity index (χ1v) is 18.8. The standard InChI is InChI=1S/C42H49ClN6O4/c1-29-23-32(16-20-44-29)33-25-37(35-27-47-49(38(35)26-33)40-13-8-9-22-52-40)45-18-10-19-46-39(50)17-21-48(41(51)53-42(2,3)4)28-30-14-15-34(36(43)24-30)31-11-6-5-7-12-31/h5-7,11-12,14-16,20,23-27,40,45H,8-10,13,17-19,21-22,28H2,1-4H3,(H,46,50). The average Bonchev–Trinajstić information content (AvgIpc) is 3.57. The van der Waals surface area contributed by atoms with Crippen LogP contribution in [-0.2, 0) is 20.8 Å². The van der Waals surface area contributed by atoms with E-state index in [1.807, 2.05) is 99.4 Å². The Morgan fingerprint density at radius 3 is 2.57 bits per heavy atom. The number of fused-ring (bicyclic) bond motifs is 1. The van der Waals surface area contributed by atoms with E-state index >= 15 is 0 Å². The fourth-order valence-electron chi connectivity index (χ4n) is 6.48. The van der Waals surface area contributed by atoms with Crippen LogP contribution < -0.4 is 10.6 Å². The molecule has 11 heteroatoms. The molecule has 1 fully saturated rings. The zero-order chi connectivity index (χ0) is 37.4. The molecule has 10 nitrogen and oxygen atoms in total. The van der Waals surface area contributed by atoms with E-state index in [0.29, 0.717) is 24.5 Å². The number of aromatic nitrogens is 3. The molecule has 0 aliphatic carbocycles. The Hall–Kier alpha value is -4.93. The van der Waals surface area contributed by atoms with Gasteiger partial charge in [0.2, 0.25) is 5.91 Å². The molecular weight excluding hydrogens is 688 g/mol. The van der Waals surface area contributed by atoms with Crippen LogP contribution in [0.25, 0.3) is 33.2 Å². The number of carbonyl (C=O) groups is 2. The largest absolute Gasteiger partial charge is 0.444 e. The Morgan fingerprint density at radius 2 is 1.83 bits per heavy atom. The van der Waals surface area contributed by atoms with Crippen LogP contribution in [0.5, 0.6) is 0 Å². The molecule has 1 aliphatic rings. The Labute approximate surface area is 316 Å². The van der Waals surface area contributed by atoms with Crippen molar-refractivity contribution in [2.24, 2.45) is 0 Å². The lowest BCUT2D eigenvalue weighted by Gasteiger charge is -2.27. The highest BCUT2D eigenvalue weighted by atomic mass is 35.5. The third-order valence-electron chi connectivity index (χ3n) is 9.12. The quantitative estimate of drug-likeness (QED) is 0.116. The van der Waals surface area contributed by atoms with E-state index in [9.17, 15) is 9.59 Å². The lowest BCUT2D eigenvalue weighted by atomic mass is 10.0. The van der Waals surface area contributed by atoms with Crippen LogP contribution >= 0.6 is 11.6 Å². The lowest BCUT2D eigenvalue weighted by molar-refractivity contribution is -0.121. The summed E-state index contributed by atoms with van der Waals surface area (Å²) in [5.74, 6) is -0.137. The van der Waals surface area contributed by atoms with Crippen molar-refractivity contribution in [3.63, 3.8) is 0 Å². The summed E-state index contributed by atoms with van der Waals surface area (Å²) in [4.78, 5) is 32.1. The molecule has 5 aromatic rings. The Kier molecular flexibility index (Phi) is 12.3. The topological polar surface area (TPSA) is 111 Å². The van der Waals surface area contributed by atoms with Gasteiger partial charge in [-0.25, -0.2) is 9.48 Å². The van der Waals surface area contributed by atoms with Gasteiger partial charge < -0.3 is 25.0 Å². The smallest absolute Gasteiger partial charge is 0.410 e. The summed E-state index contributed by atoms with van der Waals surface area (Å²) in [5, 5.41) is 13.0. The summed E-state index contributed by atoms with van der Waals surface area (Å²) in [7, 11) is 0. The number of nitrogens with zero attached hydrogens (tertiary/aromatic N) is 4. The van der Waals surface area contributed by atoms with E-state index in [0.717, 1.165) is 76.0 Å². The molecule has 278 valence electrons. The highest BCUT2D eigenvalue weighted by Crippen LogP contribution is 2.34. The summed E-state index contributed by atoms with van der Waals surface area (Å²) < 4.78 is 13.8. The van der Waals surface area contributed by atoms with E-state index in [2.05, 4.69) is 33.8 Å². The van der Waals surface area contributed by atoms with E-state index in [-0.39, 0.29) is 31.6 Å². The first kappa shape index (κ1) is 37.8. The number of anilines is 1. The third-order valence-corrected chi connectivity index (χ3v) is 9.43. The van der Waals surface area contributed by atoms with Gasteiger partial charge in [0.25, 0.3) is 0 Å². The molecule has 1 saturated heterocycles. The number of halogens is 1. The van der Waals surface area contributed by atoms with Crippen LogP contribution in [0.15, 0.2) is 85.2 Å². The van der Waals surface area contributed by atoms with Gasteiger partial charge >= 0.3 is 6.09 Å². The van der Waals surface area contributed by atoms with Crippen molar-refractivity contribution in [1.82, 2.24) is 25.0 Å². The number of pyridine rings is 1. The van der Waals surface area contributed by atoms with Gasteiger partial charge in [0, 0.05) is 72.8 Å². The number of rotatable bonds is 13. The number of amides is 2. The van der Waals surface area contributed by atoms with Crippen LogP contribution in [0.4, 0.5) is 10.5 Å². The fourth-order valence-corrected chi connectivity index (χ4v) is 6.80. The number of ether oxygens (including phenoxy) is 2. The van der Waals surface area contributed by atoms with Gasteiger partial charge in [0.05, 0.1) is 11.7 Å². The molecule has 3 aromatic carbocycles. The number of hydrogen-bond acceptors (Lipinski definition) is 7. The van der Waals surface area contributed by atoms with Crippen LogP contribution in [-0.4, -0.2) is 63.5 Å². The zero-order valence-electron chi connectivity index (χ0n) is 31.0. The second kappa shape index (κ2) is 17.3. The molecule has 2 N–H and O–H groups in total. The minimum atomic E-state index is -0.677. The van der Waals surface area contributed by atoms with Gasteiger partial charge in [-0.15, -0.1) is 0 Å². The molecule has 0 spiro atoms. The second-order valence-corrected chi connectivity index (χ2v) is 14.9. The SMILES string of the molecule is Cc1cc(-c2cc(NCCCNC(=O)CCN(Cc3ccc(-c4ccccc4)c(Cl)c3)C(=O)OC(C)(C)C)c3cnn(C4CCCCO4)c3c2)ccn1. The molecule has 1 atom stereocenters. The number of benzene rings is 3. The van der Waals surface area contributed by atoms with E-state index in [1.54, 1.807) is 4.90 Å². The van der Waals surface area contributed by atoms with Crippen LogP contribution in [0.2, 0.25) is 5.02 Å². The molecule has 0 bridgehead atoms. The van der Waals surface area contributed by atoms with E-state index < -0.39 is 11.7 Å². The van der Waals surface area contributed by atoms with Gasteiger partial charge in [-0.2, -0.15) is 5.10 Å². The molecular formula is C42H49ClN6O4. The normalized spacial score (nSPS) is 14.5. The second-order valence-electron chi connectivity index (χ2n) is 14.5. The Morgan fingerprint density at radius 1 is 1.00 bits per heavy atom. The van der Waals surface area contributed by atoms with Crippen LogP contribution in [0.1, 0.15) is 70.4 Å². The summed E-state index contributed by atoms with van der Waals surface area (Å²) in [6.07, 6.45) is 7.13. The maximum Gasteiger partial charge on any atom is 0.410 e. The van der Waals surface area contributed by atoms with Crippen molar-refractivity contribution in [1.29, 1.82) is 0 Å². The Balaban J connectivity index is 1.06. The monoisotopic (exact) mass is 736 g/mol. The summed E-state index contributed by atoms with van der Waals surface area (Å²) >= 11 is 6.67. The van der Waals surface area contributed by atoms with Gasteiger partial charge in [-0.3, -0.25) is 9.78 Å². The zero-order valence-corrected chi connectivity index (χ0v) is 31.8. The van der Waals surface area contributed by atoms with Crippen molar-refractivity contribution in [3.8, 4) is 22.3 Å². The van der Waals surface area contributed by atoms with E-state index in [4.69, 9.17) is 26.2 Å². The number of nitrogens with one attached hydrogen (secondary N) is 2. The molecule has 1 aliphatic heterocycles. The predicted molar refractivity (Wildman–Crippen MR) is 211 cm³/mol. The van der Waals surface area contributed by atoms with Crippen LogP contribution in [0.3, 0.4) is 0 Å². The summed E-state index contributed by atoms with van der Waals surface area (Å²) in [6.45, 7) is 9.80. The maximum absolute atomic E-state index is 13.2. The number of hydrogen-bond donors (Lipinski definition) is 2. The summed E-state index contributed by atoms with van der Waals surface area (Å²) in [6, 6.07) is 24.1. The minimum Gasteiger partial charge on any atom is -0.444 e. The van der Waals surface area contributed by atoms with Gasteiger partial charge in [0.15, 0.2) is 6.23 Å². The number of aryl methyl sites for hydroxylation is 1. The highest BCUT2D eigenvalue weighted by Gasteiger charge is 2.24. The van der Waals surface area contributed by atoms with Crippen molar-refractivity contribution >= 4 is 40.2 Å². The van der Waals surface area contributed by atoms with Gasteiger partial charge in [-0.05, 0) is 106 Å². The minimum absolute atomic E-state index is 0.0806. The summed E-state index contributed by atoms with van der Waals surface area (Å²) in [5.41, 5.74) is 7.20. The van der Waals surface area contributed by atoms with Crippen molar-refractivity contribution in [2.45, 2.75) is 78.2 Å². The lowest BCUT2D eigenvalue weighted by Crippen LogP contribution is -2.39. The van der Waals surface area contributed by atoms with Gasteiger partial charge in [-0.1, -0.05) is 54.1 Å². The molecule has 6 rings (SSSR count). The predicted octanol–water partition coefficient (Wildman–Crippen LogP) is 9.17. The van der Waals surface area contributed by atoms with Gasteiger partial charge in [0.1, 0.15) is 5.60 Å². The first-order valence-electron chi connectivity index (χ1n) is 18.4. The molecule has 2 aromatic heterocycles. The molecule has 0 saturated carbocycles.